The molecule has 3 aromatic heterocycles. The van der Waals surface area contributed by atoms with Gasteiger partial charge in [-0.2, -0.15) is 0 Å². The first kappa shape index (κ1) is 16.8. The molecule has 0 radical (unpaired) electrons. The average molecular weight is 372 g/mol. The highest BCUT2D eigenvalue weighted by Crippen LogP contribution is 2.23. The van der Waals surface area contributed by atoms with Gasteiger partial charge in [0, 0.05) is 55.8 Å². The highest BCUT2D eigenvalue weighted by molar-refractivity contribution is 5.81. The van der Waals surface area contributed by atoms with Crippen LogP contribution in [0.15, 0.2) is 53.8 Å². The van der Waals surface area contributed by atoms with Crippen molar-refractivity contribution in [3.63, 3.8) is 0 Å². The molecule has 140 valence electrons. The lowest BCUT2D eigenvalue weighted by Crippen LogP contribution is -2.35. The molecule has 0 spiro atoms. The number of aromatic amines is 1. The van der Waals surface area contributed by atoms with Crippen molar-refractivity contribution in [2.75, 3.05) is 6.54 Å². The lowest BCUT2D eigenvalue weighted by atomic mass is 10.1. The zero-order valence-electron chi connectivity index (χ0n) is 15.6. The summed E-state index contributed by atoms with van der Waals surface area (Å²) < 4.78 is 2.24. The minimum absolute atomic E-state index is 0.0619. The Morgan fingerprint density at radius 1 is 1.18 bits per heavy atom. The van der Waals surface area contributed by atoms with Gasteiger partial charge in [0.05, 0.1) is 11.3 Å². The maximum Gasteiger partial charge on any atom is 0.254 e. The summed E-state index contributed by atoms with van der Waals surface area (Å²) in [5.74, 6) is 0.524. The molecule has 0 fully saturated rings. The highest BCUT2D eigenvalue weighted by Gasteiger charge is 2.22. The van der Waals surface area contributed by atoms with E-state index in [4.69, 9.17) is 4.98 Å². The third-order valence-electron chi connectivity index (χ3n) is 5.42. The predicted molar refractivity (Wildman–Crippen MR) is 107 cm³/mol. The van der Waals surface area contributed by atoms with Crippen LogP contribution in [0.5, 0.6) is 0 Å². The van der Waals surface area contributed by atoms with Gasteiger partial charge in [-0.25, -0.2) is 15.0 Å². The molecule has 0 saturated heterocycles. The Balaban J connectivity index is 1.45. The van der Waals surface area contributed by atoms with Crippen molar-refractivity contribution < 1.29 is 0 Å². The van der Waals surface area contributed by atoms with Crippen molar-refractivity contribution in [3.8, 4) is 11.4 Å². The minimum atomic E-state index is -0.0619. The van der Waals surface area contributed by atoms with Crippen LogP contribution in [0, 0.1) is 0 Å². The average Bonchev–Trinajstić information content (AvgIpc) is 3.04. The largest absolute Gasteiger partial charge is 0.346 e. The fourth-order valence-corrected chi connectivity index (χ4v) is 3.91. The molecule has 1 aliphatic heterocycles. The van der Waals surface area contributed by atoms with Gasteiger partial charge in [-0.1, -0.05) is 18.2 Å². The van der Waals surface area contributed by atoms with Gasteiger partial charge >= 0.3 is 0 Å². The molecule has 1 aromatic carbocycles. The molecule has 5 rings (SSSR count). The first-order valence-electron chi connectivity index (χ1n) is 9.32. The first-order chi connectivity index (χ1) is 13.7. The van der Waals surface area contributed by atoms with Gasteiger partial charge in [0.25, 0.3) is 5.56 Å². The summed E-state index contributed by atoms with van der Waals surface area (Å²) in [6.45, 7) is 2.32. The predicted octanol–water partition coefficient (Wildman–Crippen LogP) is 2.28. The number of benzene rings is 1. The van der Waals surface area contributed by atoms with Crippen molar-refractivity contribution >= 4 is 10.9 Å². The van der Waals surface area contributed by atoms with Gasteiger partial charge in [0.15, 0.2) is 0 Å². The van der Waals surface area contributed by atoms with Crippen LogP contribution in [0.1, 0.15) is 17.0 Å². The molecular weight excluding hydrogens is 352 g/mol. The second-order valence-electron chi connectivity index (χ2n) is 7.18. The van der Waals surface area contributed by atoms with Gasteiger partial charge in [-0.3, -0.25) is 9.69 Å². The third kappa shape index (κ3) is 2.90. The van der Waals surface area contributed by atoms with E-state index in [2.05, 4.69) is 61.8 Å². The number of fused-ring (bicyclic) bond motifs is 2. The van der Waals surface area contributed by atoms with E-state index in [1.807, 2.05) is 0 Å². The number of nitrogens with one attached hydrogen (secondary N) is 1. The zero-order valence-corrected chi connectivity index (χ0v) is 15.6. The molecule has 4 heterocycles. The van der Waals surface area contributed by atoms with Crippen LogP contribution in [0.3, 0.4) is 0 Å². The normalized spacial score (nSPS) is 14.3. The Labute approximate surface area is 161 Å². The lowest BCUT2D eigenvalue weighted by Gasteiger charge is -2.27. The third-order valence-corrected chi connectivity index (χ3v) is 5.42. The molecular formula is C21H20N6O. The molecule has 0 aliphatic carbocycles. The second kappa shape index (κ2) is 6.69. The lowest BCUT2D eigenvalue weighted by molar-refractivity contribution is 0.236. The number of hydrogen-bond donors (Lipinski definition) is 1. The van der Waals surface area contributed by atoms with Gasteiger partial charge in [-0.15, -0.1) is 0 Å². The Morgan fingerprint density at radius 3 is 2.82 bits per heavy atom. The van der Waals surface area contributed by atoms with E-state index in [9.17, 15) is 4.79 Å². The number of hydrogen-bond acceptors (Lipinski definition) is 5. The van der Waals surface area contributed by atoms with Crippen LogP contribution in [0.25, 0.3) is 22.3 Å². The van der Waals surface area contributed by atoms with Crippen LogP contribution in [0.4, 0.5) is 0 Å². The molecule has 28 heavy (non-hydrogen) atoms. The molecule has 0 saturated carbocycles. The molecule has 0 atom stereocenters. The van der Waals surface area contributed by atoms with Gasteiger partial charge in [0.1, 0.15) is 12.2 Å². The van der Waals surface area contributed by atoms with E-state index in [1.165, 1.54) is 22.9 Å². The molecule has 7 heteroatoms. The van der Waals surface area contributed by atoms with Crippen molar-refractivity contribution in [1.29, 1.82) is 0 Å². The Bertz CT molecular complexity index is 1210. The number of aryl methyl sites for hydroxylation is 1. The number of nitrogens with zero attached hydrogens (tertiary/aromatic N) is 5. The maximum atomic E-state index is 12.5. The molecule has 0 unspecified atom stereocenters. The highest BCUT2D eigenvalue weighted by atomic mass is 16.1. The second-order valence-corrected chi connectivity index (χ2v) is 7.18. The molecule has 1 N–H and O–H groups in total. The maximum absolute atomic E-state index is 12.5. The van der Waals surface area contributed by atoms with Gasteiger partial charge < -0.3 is 9.55 Å². The summed E-state index contributed by atoms with van der Waals surface area (Å²) in [5, 5.41) is 1.25. The fraction of sp³-hybridized carbons (Fsp3) is 0.238. The van der Waals surface area contributed by atoms with Crippen molar-refractivity contribution in [2.24, 2.45) is 7.05 Å². The quantitative estimate of drug-likeness (QED) is 0.597. The summed E-state index contributed by atoms with van der Waals surface area (Å²) in [7, 11) is 2.10. The van der Waals surface area contributed by atoms with Crippen LogP contribution in [-0.2, 0) is 26.6 Å². The number of para-hydroxylation sites is 1. The molecule has 0 bridgehead atoms. The summed E-state index contributed by atoms with van der Waals surface area (Å²) in [6, 6.07) is 10.6. The van der Waals surface area contributed by atoms with Crippen LogP contribution >= 0.6 is 0 Å². The van der Waals surface area contributed by atoms with Crippen LogP contribution in [0.2, 0.25) is 0 Å². The Kier molecular flexibility index (Phi) is 4.02. The smallest absolute Gasteiger partial charge is 0.254 e. The topological polar surface area (TPSA) is 79.7 Å². The molecule has 4 aromatic rings. The van der Waals surface area contributed by atoms with Crippen LogP contribution in [-0.4, -0.2) is 35.9 Å². The Morgan fingerprint density at radius 2 is 2.00 bits per heavy atom. The Hall–Kier alpha value is -3.32. The van der Waals surface area contributed by atoms with Crippen LogP contribution < -0.4 is 5.56 Å². The zero-order chi connectivity index (χ0) is 19.1. The summed E-state index contributed by atoms with van der Waals surface area (Å²) >= 11 is 0. The van der Waals surface area contributed by atoms with Gasteiger partial charge in [-0.05, 0) is 23.9 Å². The number of rotatable bonds is 3. The van der Waals surface area contributed by atoms with Crippen molar-refractivity contribution in [1.82, 2.24) is 29.4 Å². The standard InChI is InChI=1S/C21H20N6O/c1-26-16(8-14-4-2-3-5-19(14)26)11-27-7-6-17-18(12-27)24-20(25-21(17)28)15-9-22-13-23-10-15/h2-5,8-10,13H,6-7,11-12H2,1H3,(H,24,25,28). The van der Waals surface area contributed by atoms with E-state index in [0.29, 0.717) is 24.4 Å². The van der Waals surface area contributed by atoms with E-state index in [-0.39, 0.29) is 5.56 Å². The minimum Gasteiger partial charge on any atom is -0.346 e. The van der Waals surface area contributed by atoms with E-state index in [1.54, 1.807) is 12.4 Å². The SMILES string of the molecule is Cn1c(CN2CCc3c(nc(-c4cncnc4)[nH]c3=O)C2)cc2ccccc21. The number of H-pyrrole nitrogens is 1. The van der Waals surface area contributed by atoms with E-state index >= 15 is 0 Å². The molecule has 1 aliphatic rings. The fourth-order valence-electron chi connectivity index (χ4n) is 3.91. The first-order valence-corrected chi connectivity index (χ1v) is 9.32. The number of aromatic nitrogens is 5. The van der Waals surface area contributed by atoms with E-state index in [0.717, 1.165) is 24.3 Å². The monoisotopic (exact) mass is 372 g/mol. The summed E-state index contributed by atoms with van der Waals surface area (Å²) in [5.41, 5.74) is 4.77. The summed E-state index contributed by atoms with van der Waals surface area (Å²) in [4.78, 5) is 30.5. The van der Waals surface area contributed by atoms with E-state index < -0.39 is 0 Å². The summed E-state index contributed by atoms with van der Waals surface area (Å²) in [6.07, 6.45) is 5.49. The van der Waals surface area contributed by atoms with Crippen molar-refractivity contribution in [2.45, 2.75) is 19.5 Å². The molecule has 7 nitrogen and oxygen atoms in total. The van der Waals surface area contributed by atoms with Gasteiger partial charge in [0.2, 0.25) is 0 Å². The van der Waals surface area contributed by atoms with Crippen molar-refractivity contribution in [3.05, 3.63) is 76.4 Å². The molecule has 0 amide bonds.